The molecule has 3 rings (SSSR count). The molecule has 26 heavy (non-hydrogen) atoms. The quantitative estimate of drug-likeness (QED) is 0.676. The summed E-state index contributed by atoms with van der Waals surface area (Å²) in [4.78, 5) is 16.6. The first-order valence-corrected chi connectivity index (χ1v) is 8.60. The monoisotopic (exact) mass is 353 g/mol. The molecule has 0 aliphatic carbocycles. The molecule has 2 heterocycles. The van der Waals surface area contributed by atoms with Gasteiger partial charge in [-0.05, 0) is 36.2 Å². The molecule has 0 aliphatic heterocycles. The third kappa shape index (κ3) is 4.33. The molecule has 6 heteroatoms. The van der Waals surface area contributed by atoms with E-state index in [2.05, 4.69) is 10.3 Å². The molecule has 3 aromatic rings. The van der Waals surface area contributed by atoms with Crippen LogP contribution in [0, 0.1) is 0 Å². The van der Waals surface area contributed by atoms with Crippen molar-refractivity contribution in [3.63, 3.8) is 0 Å². The zero-order valence-corrected chi connectivity index (χ0v) is 15.1. The molecule has 1 N–H and O–H groups in total. The molecule has 1 amide bonds. The Hall–Kier alpha value is -3.02. The smallest absolute Gasteiger partial charge is 0.220 e. The second-order valence-electron chi connectivity index (χ2n) is 5.99. The molecule has 0 unspecified atom stereocenters. The minimum atomic E-state index is 0.0311. The van der Waals surface area contributed by atoms with Gasteiger partial charge in [0.1, 0.15) is 5.65 Å². The van der Waals surface area contributed by atoms with Crippen LogP contribution in [0.4, 0.5) is 0 Å². The minimum absolute atomic E-state index is 0.0311. The Bertz CT molecular complexity index is 856. The maximum atomic E-state index is 12.1. The van der Waals surface area contributed by atoms with E-state index in [1.807, 2.05) is 53.2 Å². The molecule has 6 nitrogen and oxygen atoms in total. The zero-order chi connectivity index (χ0) is 18.4. The van der Waals surface area contributed by atoms with E-state index in [0.717, 1.165) is 16.9 Å². The summed E-state index contributed by atoms with van der Waals surface area (Å²) in [6.07, 6.45) is 5.75. The Morgan fingerprint density at radius 1 is 1.12 bits per heavy atom. The molecule has 1 aromatic carbocycles. The van der Waals surface area contributed by atoms with Gasteiger partial charge in [0.2, 0.25) is 5.91 Å². The summed E-state index contributed by atoms with van der Waals surface area (Å²) < 4.78 is 12.5. The Kier molecular flexibility index (Phi) is 5.73. The maximum Gasteiger partial charge on any atom is 0.220 e. The molecule has 0 aliphatic rings. The van der Waals surface area contributed by atoms with Gasteiger partial charge in [-0.25, -0.2) is 4.98 Å². The number of ether oxygens (including phenoxy) is 2. The summed E-state index contributed by atoms with van der Waals surface area (Å²) in [6, 6.07) is 11.6. The van der Waals surface area contributed by atoms with Crippen LogP contribution in [0.25, 0.3) is 5.65 Å². The Morgan fingerprint density at radius 3 is 2.73 bits per heavy atom. The topological polar surface area (TPSA) is 64.9 Å². The van der Waals surface area contributed by atoms with Crippen LogP contribution in [0.5, 0.6) is 11.5 Å². The van der Waals surface area contributed by atoms with Crippen molar-refractivity contribution >= 4 is 11.6 Å². The van der Waals surface area contributed by atoms with Crippen molar-refractivity contribution in [2.45, 2.75) is 19.3 Å². The lowest BCUT2D eigenvalue weighted by Crippen LogP contribution is -2.25. The Balaban J connectivity index is 1.45. The van der Waals surface area contributed by atoms with Gasteiger partial charge in [0.25, 0.3) is 0 Å². The molecule has 136 valence electrons. The lowest BCUT2D eigenvalue weighted by molar-refractivity contribution is -0.121. The summed E-state index contributed by atoms with van der Waals surface area (Å²) in [7, 11) is 3.21. The first-order chi connectivity index (χ1) is 12.7. The van der Waals surface area contributed by atoms with Gasteiger partial charge >= 0.3 is 0 Å². The van der Waals surface area contributed by atoms with E-state index in [1.54, 1.807) is 14.2 Å². The average molecular weight is 353 g/mol. The Labute approximate surface area is 152 Å². The molecule has 0 spiro atoms. The van der Waals surface area contributed by atoms with Crippen LogP contribution in [-0.4, -0.2) is 36.1 Å². The normalized spacial score (nSPS) is 10.7. The van der Waals surface area contributed by atoms with Crippen molar-refractivity contribution in [1.82, 2.24) is 14.7 Å². The maximum absolute atomic E-state index is 12.1. The van der Waals surface area contributed by atoms with Crippen LogP contribution in [0.1, 0.15) is 17.7 Å². The van der Waals surface area contributed by atoms with Crippen LogP contribution in [0.3, 0.4) is 0 Å². The average Bonchev–Trinajstić information content (AvgIpc) is 3.08. The van der Waals surface area contributed by atoms with Crippen molar-refractivity contribution in [1.29, 1.82) is 0 Å². The number of pyridine rings is 1. The predicted octanol–water partition coefficient (Wildman–Crippen LogP) is 2.64. The molecule has 0 bridgehead atoms. The number of imidazole rings is 1. The second-order valence-corrected chi connectivity index (χ2v) is 5.99. The van der Waals surface area contributed by atoms with Crippen molar-refractivity contribution in [3.05, 3.63) is 60.0 Å². The lowest BCUT2D eigenvalue weighted by Gasteiger charge is -2.09. The van der Waals surface area contributed by atoms with Gasteiger partial charge in [-0.2, -0.15) is 0 Å². The summed E-state index contributed by atoms with van der Waals surface area (Å²) in [6.45, 7) is 0.578. The van der Waals surface area contributed by atoms with Crippen molar-refractivity contribution in [2.24, 2.45) is 0 Å². The molecule has 2 aromatic heterocycles. The second kappa shape index (κ2) is 8.38. The fourth-order valence-corrected chi connectivity index (χ4v) is 2.82. The third-order valence-electron chi connectivity index (χ3n) is 4.21. The number of nitrogens with one attached hydrogen (secondary N) is 1. The fourth-order valence-electron chi connectivity index (χ4n) is 2.82. The number of aryl methyl sites for hydroxylation is 1. The molecule has 0 fully saturated rings. The molecular formula is C20H23N3O3. The van der Waals surface area contributed by atoms with Gasteiger partial charge < -0.3 is 19.2 Å². The van der Waals surface area contributed by atoms with E-state index in [0.29, 0.717) is 37.3 Å². The highest BCUT2D eigenvalue weighted by Gasteiger charge is 2.07. The highest BCUT2D eigenvalue weighted by Crippen LogP contribution is 2.27. The molecule has 0 radical (unpaired) electrons. The number of fused-ring (bicyclic) bond motifs is 1. The summed E-state index contributed by atoms with van der Waals surface area (Å²) in [5, 5.41) is 2.95. The van der Waals surface area contributed by atoms with E-state index >= 15 is 0 Å². The highest BCUT2D eigenvalue weighted by atomic mass is 16.5. The van der Waals surface area contributed by atoms with Gasteiger partial charge in [0.05, 0.1) is 19.9 Å². The molecular weight excluding hydrogens is 330 g/mol. The number of methoxy groups -OCH3 is 2. The number of carbonyl (C=O) groups is 1. The largest absolute Gasteiger partial charge is 0.493 e. The van der Waals surface area contributed by atoms with Crippen LogP contribution in [0.2, 0.25) is 0 Å². The molecule has 0 atom stereocenters. The van der Waals surface area contributed by atoms with Crippen LogP contribution >= 0.6 is 0 Å². The SMILES string of the molecule is COc1ccc(CCC(=O)NCCc2cn3ccccc3n2)cc1OC. The number of benzene rings is 1. The summed E-state index contributed by atoms with van der Waals surface area (Å²) in [5.41, 5.74) is 2.93. The lowest BCUT2D eigenvalue weighted by atomic mass is 10.1. The van der Waals surface area contributed by atoms with E-state index < -0.39 is 0 Å². The number of hydrogen-bond donors (Lipinski definition) is 1. The summed E-state index contributed by atoms with van der Waals surface area (Å²) in [5.74, 6) is 1.40. The van der Waals surface area contributed by atoms with Gasteiger partial charge in [-0.3, -0.25) is 4.79 Å². The van der Waals surface area contributed by atoms with Gasteiger partial charge in [-0.1, -0.05) is 12.1 Å². The fraction of sp³-hybridized carbons (Fsp3) is 0.300. The van der Waals surface area contributed by atoms with Crippen LogP contribution in [0.15, 0.2) is 48.8 Å². The first-order valence-electron chi connectivity index (χ1n) is 8.60. The van der Waals surface area contributed by atoms with E-state index in [1.165, 1.54) is 0 Å². The number of nitrogens with zero attached hydrogens (tertiary/aromatic N) is 2. The molecule has 0 saturated heterocycles. The Morgan fingerprint density at radius 2 is 1.96 bits per heavy atom. The molecule has 0 saturated carbocycles. The van der Waals surface area contributed by atoms with E-state index in [-0.39, 0.29) is 5.91 Å². The number of rotatable bonds is 8. The van der Waals surface area contributed by atoms with Crippen molar-refractivity contribution in [2.75, 3.05) is 20.8 Å². The predicted molar refractivity (Wildman–Crippen MR) is 99.8 cm³/mol. The number of carbonyl (C=O) groups excluding carboxylic acids is 1. The van der Waals surface area contributed by atoms with E-state index in [9.17, 15) is 4.79 Å². The van der Waals surface area contributed by atoms with Crippen molar-refractivity contribution < 1.29 is 14.3 Å². The van der Waals surface area contributed by atoms with Gasteiger partial charge in [0, 0.05) is 31.8 Å². The van der Waals surface area contributed by atoms with Crippen LogP contribution < -0.4 is 14.8 Å². The standard InChI is InChI=1S/C20H23N3O3/c1-25-17-8-6-15(13-18(17)26-2)7-9-20(24)21-11-10-16-14-23-12-4-3-5-19(23)22-16/h3-6,8,12-14H,7,9-11H2,1-2H3,(H,21,24). The number of hydrogen-bond acceptors (Lipinski definition) is 4. The zero-order valence-electron chi connectivity index (χ0n) is 15.1. The van der Waals surface area contributed by atoms with Crippen LogP contribution in [-0.2, 0) is 17.6 Å². The van der Waals surface area contributed by atoms with E-state index in [4.69, 9.17) is 9.47 Å². The highest BCUT2D eigenvalue weighted by molar-refractivity contribution is 5.76. The summed E-state index contributed by atoms with van der Waals surface area (Å²) >= 11 is 0. The first kappa shape index (κ1) is 17.8. The van der Waals surface area contributed by atoms with Gasteiger partial charge in [-0.15, -0.1) is 0 Å². The van der Waals surface area contributed by atoms with Crippen molar-refractivity contribution in [3.8, 4) is 11.5 Å². The minimum Gasteiger partial charge on any atom is -0.493 e. The third-order valence-corrected chi connectivity index (χ3v) is 4.21. The number of amides is 1. The number of aromatic nitrogens is 2. The van der Waals surface area contributed by atoms with Gasteiger partial charge in [0.15, 0.2) is 11.5 Å².